The van der Waals surface area contributed by atoms with Crippen LogP contribution in [0.25, 0.3) is 0 Å². The van der Waals surface area contributed by atoms with Gasteiger partial charge in [0.15, 0.2) is 0 Å². The summed E-state index contributed by atoms with van der Waals surface area (Å²) in [4.78, 5) is 13.2. The predicted molar refractivity (Wildman–Crippen MR) is 81.5 cm³/mol. The second-order valence-electron chi connectivity index (χ2n) is 5.62. The van der Waals surface area contributed by atoms with Crippen LogP contribution >= 0.6 is 12.4 Å². The Morgan fingerprint density at radius 3 is 2.90 bits per heavy atom. The molecular formula is C15H21ClN2O2. The summed E-state index contributed by atoms with van der Waals surface area (Å²) in [6.45, 7) is 3.27. The molecule has 0 atom stereocenters. The highest BCUT2D eigenvalue weighted by atomic mass is 35.5. The fourth-order valence-electron chi connectivity index (χ4n) is 2.79. The van der Waals surface area contributed by atoms with Gasteiger partial charge in [-0.2, -0.15) is 0 Å². The average Bonchev–Trinajstić information content (AvgIpc) is 3.20. The van der Waals surface area contributed by atoms with E-state index >= 15 is 0 Å². The SMILES string of the molecule is Cl.O=C(O)CNc1cccc2c1CN(CC1CC1)CC2. The minimum absolute atomic E-state index is 0. The number of benzene rings is 1. The molecule has 1 aliphatic heterocycles. The van der Waals surface area contributed by atoms with Gasteiger partial charge < -0.3 is 10.4 Å². The number of halogens is 1. The first kappa shape index (κ1) is 15.1. The summed E-state index contributed by atoms with van der Waals surface area (Å²) in [7, 11) is 0. The number of fused-ring (bicyclic) bond motifs is 1. The highest BCUT2D eigenvalue weighted by molar-refractivity contribution is 5.85. The molecule has 0 unspecified atom stereocenters. The van der Waals surface area contributed by atoms with E-state index in [2.05, 4.69) is 16.3 Å². The molecule has 0 aromatic heterocycles. The molecule has 0 saturated heterocycles. The van der Waals surface area contributed by atoms with Gasteiger partial charge in [0.2, 0.25) is 0 Å². The molecule has 1 fully saturated rings. The number of carbonyl (C=O) groups is 1. The number of nitrogens with one attached hydrogen (secondary N) is 1. The van der Waals surface area contributed by atoms with Crippen molar-refractivity contribution in [3.63, 3.8) is 0 Å². The van der Waals surface area contributed by atoms with E-state index in [1.54, 1.807) is 0 Å². The fourth-order valence-corrected chi connectivity index (χ4v) is 2.79. The minimum Gasteiger partial charge on any atom is -0.480 e. The molecule has 0 amide bonds. The Morgan fingerprint density at radius 1 is 1.40 bits per heavy atom. The Morgan fingerprint density at radius 2 is 2.20 bits per heavy atom. The molecule has 110 valence electrons. The number of rotatable bonds is 5. The molecule has 2 aliphatic rings. The summed E-state index contributed by atoms with van der Waals surface area (Å²) in [5.74, 6) is 0.0870. The smallest absolute Gasteiger partial charge is 0.322 e. The maximum absolute atomic E-state index is 10.7. The van der Waals surface area contributed by atoms with E-state index in [4.69, 9.17) is 5.11 Å². The van der Waals surface area contributed by atoms with Gasteiger partial charge in [0.05, 0.1) is 0 Å². The number of anilines is 1. The van der Waals surface area contributed by atoms with Crippen LogP contribution in [0.5, 0.6) is 0 Å². The third-order valence-electron chi connectivity index (χ3n) is 4.00. The number of hydrogen-bond acceptors (Lipinski definition) is 3. The van der Waals surface area contributed by atoms with Gasteiger partial charge in [0.1, 0.15) is 6.54 Å². The number of nitrogens with zero attached hydrogens (tertiary/aromatic N) is 1. The lowest BCUT2D eigenvalue weighted by Gasteiger charge is -2.30. The minimum atomic E-state index is -0.816. The molecule has 3 rings (SSSR count). The third-order valence-corrected chi connectivity index (χ3v) is 4.00. The largest absolute Gasteiger partial charge is 0.480 e. The van der Waals surface area contributed by atoms with Crippen LogP contribution < -0.4 is 5.32 Å². The average molecular weight is 297 g/mol. The van der Waals surface area contributed by atoms with Crippen LogP contribution in [0.2, 0.25) is 0 Å². The first-order valence-electron chi connectivity index (χ1n) is 7.01. The van der Waals surface area contributed by atoms with Crippen molar-refractivity contribution in [3.05, 3.63) is 29.3 Å². The summed E-state index contributed by atoms with van der Waals surface area (Å²) in [6, 6.07) is 6.16. The summed E-state index contributed by atoms with van der Waals surface area (Å²) in [5.41, 5.74) is 3.64. The van der Waals surface area contributed by atoms with Gasteiger partial charge >= 0.3 is 5.97 Å². The van der Waals surface area contributed by atoms with Crippen LogP contribution in [-0.4, -0.2) is 35.6 Å². The van der Waals surface area contributed by atoms with Gasteiger partial charge in [0.25, 0.3) is 0 Å². The summed E-state index contributed by atoms with van der Waals surface area (Å²) < 4.78 is 0. The Kier molecular flexibility index (Phi) is 4.89. The molecule has 4 nitrogen and oxygen atoms in total. The van der Waals surface area contributed by atoms with E-state index in [1.807, 2.05) is 12.1 Å². The maximum Gasteiger partial charge on any atom is 0.322 e. The Hall–Kier alpha value is -1.26. The number of carboxylic acids is 1. The quantitative estimate of drug-likeness (QED) is 0.876. The molecule has 20 heavy (non-hydrogen) atoms. The molecule has 1 aromatic carbocycles. The van der Waals surface area contributed by atoms with Crippen LogP contribution in [0.3, 0.4) is 0 Å². The van der Waals surface area contributed by atoms with Gasteiger partial charge in [-0.15, -0.1) is 12.4 Å². The second kappa shape index (κ2) is 6.46. The molecular weight excluding hydrogens is 276 g/mol. The lowest BCUT2D eigenvalue weighted by atomic mass is 9.97. The zero-order valence-electron chi connectivity index (χ0n) is 11.5. The summed E-state index contributed by atoms with van der Waals surface area (Å²) >= 11 is 0. The van der Waals surface area contributed by atoms with Crippen molar-refractivity contribution in [2.45, 2.75) is 25.8 Å². The van der Waals surface area contributed by atoms with Crippen LogP contribution in [0.4, 0.5) is 5.69 Å². The second-order valence-corrected chi connectivity index (χ2v) is 5.62. The number of aliphatic carboxylic acids is 1. The molecule has 1 aliphatic carbocycles. The van der Waals surface area contributed by atoms with E-state index in [1.165, 1.54) is 30.5 Å². The Labute approximate surface area is 125 Å². The topological polar surface area (TPSA) is 52.6 Å². The molecule has 1 saturated carbocycles. The van der Waals surface area contributed by atoms with Gasteiger partial charge in [0, 0.05) is 25.3 Å². The molecule has 2 N–H and O–H groups in total. The zero-order valence-corrected chi connectivity index (χ0v) is 12.3. The van der Waals surface area contributed by atoms with Crippen LogP contribution in [-0.2, 0) is 17.8 Å². The Bertz CT molecular complexity index is 489. The molecule has 1 aromatic rings. The van der Waals surface area contributed by atoms with E-state index in [0.29, 0.717) is 0 Å². The first-order valence-corrected chi connectivity index (χ1v) is 7.01. The molecule has 5 heteroatoms. The molecule has 0 spiro atoms. The normalized spacial score (nSPS) is 18.0. The monoisotopic (exact) mass is 296 g/mol. The zero-order chi connectivity index (χ0) is 13.2. The van der Waals surface area contributed by atoms with E-state index in [0.717, 1.165) is 31.1 Å². The van der Waals surface area contributed by atoms with Crippen molar-refractivity contribution in [2.24, 2.45) is 5.92 Å². The highest BCUT2D eigenvalue weighted by Gasteiger charge is 2.27. The standard InChI is InChI=1S/C15H20N2O2.ClH/c18-15(19)8-16-14-3-1-2-12-6-7-17(10-13(12)14)9-11-4-5-11;/h1-3,11,16H,4-10H2,(H,18,19);1H. The lowest BCUT2D eigenvalue weighted by molar-refractivity contribution is -0.134. The van der Waals surface area contributed by atoms with Crippen LogP contribution in [0.15, 0.2) is 18.2 Å². The molecule has 0 bridgehead atoms. The number of hydrogen-bond donors (Lipinski definition) is 2. The van der Waals surface area contributed by atoms with Gasteiger partial charge in [-0.05, 0) is 42.4 Å². The number of carboxylic acid groups (broad SMARTS) is 1. The van der Waals surface area contributed by atoms with Gasteiger partial charge in [-0.1, -0.05) is 12.1 Å². The lowest BCUT2D eigenvalue weighted by Crippen LogP contribution is -2.33. The van der Waals surface area contributed by atoms with Crippen LogP contribution in [0.1, 0.15) is 24.0 Å². The van der Waals surface area contributed by atoms with Crippen molar-refractivity contribution in [2.75, 3.05) is 25.0 Å². The highest BCUT2D eigenvalue weighted by Crippen LogP contribution is 2.33. The van der Waals surface area contributed by atoms with Crippen LogP contribution in [0, 0.1) is 5.92 Å². The maximum atomic E-state index is 10.7. The van der Waals surface area contributed by atoms with E-state index < -0.39 is 5.97 Å². The van der Waals surface area contributed by atoms with Crippen molar-refractivity contribution in [3.8, 4) is 0 Å². The van der Waals surface area contributed by atoms with Gasteiger partial charge in [-0.25, -0.2) is 0 Å². The van der Waals surface area contributed by atoms with Gasteiger partial charge in [-0.3, -0.25) is 9.69 Å². The van der Waals surface area contributed by atoms with Crippen molar-refractivity contribution >= 4 is 24.1 Å². The van der Waals surface area contributed by atoms with Crippen molar-refractivity contribution < 1.29 is 9.90 Å². The molecule has 1 heterocycles. The summed E-state index contributed by atoms with van der Waals surface area (Å²) in [6.07, 6.45) is 3.83. The predicted octanol–water partition coefficient (Wildman–Crippen LogP) is 2.37. The van der Waals surface area contributed by atoms with E-state index in [9.17, 15) is 4.79 Å². The Balaban J connectivity index is 0.00000147. The first-order chi connectivity index (χ1) is 9.22. The van der Waals surface area contributed by atoms with Crippen molar-refractivity contribution in [1.82, 2.24) is 4.90 Å². The fraction of sp³-hybridized carbons (Fsp3) is 0.533. The third kappa shape index (κ3) is 3.64. The summed E-state index contributed by atoms with van der Waals surface area (Å²) in [5, 5.41) is 11.8. The van der Waals surface area contributed by atoms with Crippen molar-refractivity contribution in [1.29, 1.82) is 0 Å². The molecule has 0 radical (unpaired) electrons. The van der Waals surface area contributed by atoms with E-state index in [-0.39, 0.29) is 19.0 Å².